The van der Waals surface area contributed by atoms with Crippen molar-refractivity contribution in [3.63, 3.8) is 0 Å². The Hall–Kier alpha value is -1.88. The lowest BCUT2D eigenvalue weighted by Gasteiger charge is -2.55. The van der Waals surface area contributed by atoms with Gasteiger partial charge < -0.3 is 10.1 Å². The van der Waals surface area contributed by atoms with E-state index in [1.54, 1.807) is 7.11 Å². The number of fused-ring (bicyclic) bond motifs is 1. The third-order valence-corrected chi connectivity index (χ3v) is 5.41. The van der Waals surface area contributed by atoms with Crippen molar-refractivity contribution in [1.29, 1.82) is 0 Å². The van der Waals surface area contributed by atoms with Gasteiger partial charge in [-0.1, -0.05) is 26.0 Å². The van der Waals surface area contributed by atoms with E-state index in [4.69, 9.17) is 17.0 Å². The third-order valence-electron chi connectivity index (χ3n) is 5.22. The van der Waals surface area contributed by atoms with E-state index in [2.05, 4.69) is 35.8 Å². The van der Waals surface area contributed by atoms with E-state index in [0.29, 0.717) is 16.4 Å². The van der Waals surface area contributed by atoms with Gasteiger partial charge in [-0.2, -0.15) is 5.10 Å². The maximum Gasteiger partial charge on any atom is 0.191 e. The molecule has 1 aromatic rings. The van der Waals surface area contributed by atoms with Crippen LogP contribution in [0.3, 0.4) is 0 Å². The summed E-state index contributed by atoms with van der Waals surface area (Å²) < 4.78 is 5.19. The number of ether oxygens (including phenoxy) is 1. The lowest BCUT2D eigenvalue weighted by atomic mass is 9.49. The lowest BCUT2D eigenvalue weighted by molar-refractivity contribution is -0.00126. The van der Waals surface area contributed by atoms with Gasteiger partial charge in [0.2, 0.25) is 0 Å². The molecule has 0 aliphatic heterocycles. The fraction of sp³-hybridized carbons (Fsp3) is 0.444. The van der Waals surface area contributed by atoms with Gasteiger partial charge >= 0.3 is 0 Å². The molecule has 4 rings (SSSR count). The maximum absolute atomic E-state index is 5.27. The normalized spacial score (nSPS) is 24.6. The predicted molar refractivity (Wildman–Crippen MR) is 98.9 cm³/mol. The highest BCUT2D eigenvalue weighted by Crippen LogP contribution is 2.58. The number of rotatable bonds is 4. The van der Waals surface area contributed by atoms with Crippen LogP contribution in [-0.2, 0) is 0 Å². The predicted octanol–water partition coefficient (Wildman–Crippen LogP) is 3.96. The number of anilines is 1. The van der Waals surface area contributed by atoms with Gasteiger partial charge in [0.1, 0.15) is 5.75 Å². The Bertz CT molecular complexity index is 666. The molecule has 2 bridgehead atoms. The number of allylic oxidation sites excluding steroid dienone is 2. The van der Waals surface area contributed by atoms with Crippen molar-refractivity contribution in [1.82, 2.24) is 5.43 Å². The molecule has 5 heteroatoms. The molecule has 1 saturated carbocycles. The molecular weight excluding hydrogens is 306 g/mol. The van der Waals surface area contributed by atoms with Crippen LogP contribution in [-0.4, -0.2) is 18.4 Å². The largest absolute Gasteiger partial charge is 0.497 e. The number of hydrogen-bond acceptors (Lipinski definition) is 3. The van der Waals surface area contributed by atoms with Crippen molar-refractivity contribution in [2.24, 2.45) is 22.4 Å². The molecule has 2 N–H and O–H groups in total. The first-order valence-electron chi connectivity index (χ1n) is 7.95. The zero-order valence-electron chi connectivity index (χ0n) is 13.8. The van der Waals surface area contributed by atoms with Gasteiger partial charge in [-0.05, 0) is 60.0 Å². The van der Waals surface area contributed by atoms with Gasteiger partial charge in [-0.15, -0.1) is 0 Å². The number of nitrogens with one attached hydrogen (secondary N) is 2. The van der Waals surface area contributed by atoms with Crippen LogP contribution in [0.1, 0.15) is 26.7 Å². The third kappa shape index (κ3) is 3.24. The summed E-state index contributed by atoms with van der Waals surface area (Å²) in [5.74, 6) is 2.26. The number of hydrogen-bond donors (Lipinski definition) is 2. The summed E-state index contributed by atoms with van der Waals surface area (Å²) in [5.41, 5.74) is 5.50. The molecule has 0 radical (unpaired) electrons. The maximum atomic E-state index is 5.27. The summed E-state index contributed by atoms with van der Waals surface area (Å²) >= 11 is 5.27. The summed E-state index contributed by atoms with van der Waals surface area (Å²) in [5, 5.41) is 7.86. The first-order chi connectivity index (χ1) is 11.0. The molecule has 0 saturated heterocycles. The average Bonchev–Trinajstić information content (AvgIpc) is 2.55. The molecule has 0 amide bonds. The Labute approximate surface area is 143 Å². The minimum atomic E-state index is 0.412. The van der Waals surface area contributed by atoms with Gasteiger partial charge in [0.15, 0.2) is 5.11 Å². The van der Waals surface area contributed by atoms with E-state index in [0.717, 1.165) is 23.8 Å². The SMILES string of the molecule is COc1cccc(NC(=S)N/N=C/C2=CCC3CC2C3(C)C)c1. The van der Waals surface area contributed by atoms with Gasteiger partial charge in [0.05, 0.1) is 13.3 Å². The van der Waals surface area contributed by atoms with E-state index in [1.165, 1.54) is 12.0 Å². The zero-order chi connectivity index (χ0) is 16.4. The van der Waals surface area contributed by atoms with E-state index in [-0.39, 0.29) is 0 Å². The smallest absolute Gasteiger partial charge is 0.191 e. The number of hydrazone groups is 1. The highest BCUT2D eigenvalue weighted by atomic mass is 32.1. The number of thiocarbonyl (C=S) groups is 1. The molecule has 23 heavy (non-hydrogen) atoms. The van der Waals surface area contributed by atoms with Gasteiger partial charge in [-0.3, -0.25) is 5.43 Å². The Morgan fingerprint density at radius 1 is 1.43 bits per heavy atom. The second kappa shape index (κ2) is 6.32. The average molecular weight is 329 g/mol. The highest BCUT2D eigenvalue weighted by Gasteiger charge is 2.50. The zero-order valence-corrected chi connectivity index (χ0v) is 14.6. The summed E-state index contributed by atoms with van der Waals surface area (Å²) in [6.07, 6.45) is 6.68. The molecule has 4 nitrogen and oxygen atoms in total. The van der Waals surface area contributed by atoms with E-state index < -0.39 is 0 Å². The second-order valence-corrected chi connectivity index (χ2v) is 7.21. The van der Waals surface area contributed by atoms with Crippen LogP contribution in [0, 0.1) is 17.3 Å². The number of benzene rings is 1. The monoisotopic (exact) mass is 329 g/mol. The van der Waals surface area contributed by atoms with E-state index in [1.807, 2.05) is 30.5 Å². The fourth-order valence-corrected chi connectivity index (χ4v) is 3.74. The minimum absolute atomic E-state index is 0.412. The Kier molecular flexibility index (Phi) is 4.39. The summed E-state index contributed by atoms with van der Waals surface area (Å²) in [7, 11) is 1.64. The van der Waals surface area contributed by atoms with Crippen LogP contribution >= 0.6 is 12.2 Å². The minimum Gasteiger partial charge on any atom is -0.497 e. The topological polar surface area (TPSA) is 45.6 Å². The van der Waals surface area contributed by atoms with Crippen LogP contribution in [0.25, 0.3) is 0 Å². The molecule has 122 valence electrons. The van der Waals surface area contributed by atoms with Crippen LogP contribution in [0.5, 0.6) is 5.75 Å². The molecule has 1 fully saturated rings. The fourth-order valence-electron chi connectivity index (χ4n) is 3.57. The Morgan fingerprint density at radius 3 is 2.96 bits per heavy atom. The van der Waals surface area contributed by atoms with Crippen molar-refractivity contribution >= 4 is 29.2 Å². The van der Waals surface area contributed by atoms with Crippen LogP contribution in [0.2, 0.25) is 0 Å². The summed E-state index contributed by atoms with van der Waals surface area (Å²) in [6, 6.07) is 7.62. The lowest BCUT2D eigenvalue weighted by Crippen LogP contribution is -2.48. The first-order valence-corrected chi connectivity index (χ1v) is 8.35. The highest BCUT2D eigenvalue weighted by molar-refractivity contribution is 7.80. The van der Waals surface area contributed by atoms with Crippen molar-refractivity contribution in [2.45, 2.75) is 26.7 Å². The van der Waals surface area contributed by atoms with Crippen molar-refractivity contribution in [3.8, 4) is 5.75 Å². The summed E-state index contributed by atoms with van der Waals surface area (Å²) in [6.45, 7) is 4.71. The van der Waals surface area contributed by atoms with Crippen LogP contribution < -0.4 is 15.5 Å². The second-order valence-electron chi connectivity index (χ2n) is 6.80. The Morgan fingerprint density at radius 2 is 2.26 bits per heavy atom. The van der Waals surface area contributed by atoms with Gasteiger partial charge in [-0.25, -0.2) is 0 Å². The number of nitrogens with zero attached hydrogens (tertiary/aromatic N) is 1. The van der Waals surface area contributed by atoms with Crippen molar-refractivity contribution in [3.05, 3.63) is 35.9 Å². The van der Waals surface area contributed by atoms with Crippen molar-refractivity contribution in [2.75, 3.05) is 12.4 Å². The molecule has 1 aromatic carbocycles. The molecular formula is C18H23N3OS. The molecule has 0 heterocycles. The Balaban J connectivity index is 1.54. The summed E-state index contributed by atoms with van der Waals surface area (Å²) in [4.78, 5) is 0. The molecule has 2 atom stereocenters. The standard InChI is InChI=1S/C18H23N3OS/c1-18(2)13-8-7-12(16(18)9-13)11-19-21-17(23)20-14-5-4-6-15(10-14)22-3/h4-7,10-11,13,16H,8-9H2,1-3H3,(H2,20,21,23)/b19-11+. The molecule has 3 aliphatic rings. The van der Waals surface area contributed by atoms with Gasteiger partial charge in [0.25, 0.3) is 0 Å². The molecule has 0 spiro atoms. The van der Waals surface area contributed by atoms with E-state index in [9.17, 15) is 0 Å². The van der Waals surface area contributed by atoms with Crippen LogP contribution in [0.4, 0.5) is 5.69 Å². The van der Waals surface area contributed by atoms with Gasteiger partial charge in [0, 0.05) is 11.8 Å². The quantitative estimate of drug-likeness (QED) is 0.499. The first kappa shape index (κ1) is 16.0. The molecule has 3 aliphatic carbocycles. The molecule has 2 unspecified atom stereocenters. The number of methoxy groups -OCH3 is 1. The van der Waals surface area contributed by atoms with Crippen molar-refractivity contribution < 1.29 is 4.74 Å². The van der Waals surface area contributed by atoms with E-state index >= 15 is 0 Å². The van der Waals surface area contributed by atoms with Crippen LogP contribution in [0.15, 0.2) is 41.0 Å². The molecule has 0 aromatic heterocycles.